The fraction of sp³-hybridized carbons (Fsp3) is 0.316. The molecule has 1 aromatic carbocycles. The molecule has 1 unspecified atom stereocenters. The zero-order chi connectivity index (χ0) is 20.6. The summed E-state index contributed by atoms with van der Waals surface area (Å²) in [6.07, 6.45) is 1.65. The van der Waals surface area contributed by atoms with E-state index in [0.717, 1.165) is 17.0 Å². The van der Waals surface area contributed by atoms with Crippen LogP contribution >= 0.6 is 34.8 Å². The zero-order valence-electron chi connectivity index (χ0n) is 15.9. The van der Waals surface area contributed by atoms with Crippen LogP contribution in [0.2, 0.25) is 15.1 Å². The van der Waals surface area contributed by atoms with E-state index in [1.165, 1.54) is 0 Å². The van der Waals surface area contributed by atoms with E-state index < -0.39 is 6.04 Å². The molecule has 148 valence electrons. The Labute approximate surface area is 178 Å². The van der Waals surface area contributed by atoms with Gasteiger partial charge in [0.1, 0.15) is 6.04 Å². The maximum atomic E-state index is 12.7. The zero-order valence-corrected chi connectivity index (χ0v) is 18.2. The highest BCUT2D eigenvalue weighted by molar-refractivity contribution is 6.35. The average molecular weight is 441 g/mol. The molecule has 0 radical (unpaired) electrons. The van der Waals surface area contributed by atoms with Crippen LogP contribution in [0.1, 0.15) is 35.6 Å². The van der Waals surface area contributed by atoms with Crippen LogP contribution in [-0.4, -0.2) is 25.5 Å². The highest BCUT2D eigenvalue weighted by Crippen LogP contribution is 2.26. The smallest absolute Gasteiger partial charge is 0.249 e. The van der Waals surface area contributed by atoms with Crippen molar-refractivity contribution in [1.29, 1.82) is 0 Å². The quantitative estimate of drug-likeness (QED) is 0.592. The predicted molar refractivity (Wildman–Crippen MR) is 113 cm³/mol. The Bertz CT molecular complexity index is 1020. The molecule has 2 aromatic heterocycles. The van der Waals surface area contributed by atoms with E-state index in [4.69, 9.17) is 34.8 Å². The molecule has 0 fully saturated rings. The van der Waals surface area contributed by atoms with E-state index in [2.05, 4.69) is 15.5 Å². The number of aryl methyl sites for hydroxylation is 2. The van der Waals surface area contributed by atoms with Crippen LogP contribution in [0.5, 0.6) is 0 Å². The number of hydrogen-bond donors (Lipinski definition) is 1. The Morgan fingerprint density at radius 3 is 2.43 bits per heavy atom. The Morgan fingerprint density at radius 1 is 1.11 bits per heavy atom. The third kappa shape index (κ3) is 4.19. The maximum absolute atomic E-state index is 12.7. The fourth-order valence-electron chi connectivity index (χ4n) is 2.85. The lowest BCUT2D eigenvalue weighted by molar-refractivity contribution is -0.119. The molecule has 1 atom stereocenters. The second-order valence-corrected chi connectivity index (χ2v) is 7.90. The van der Waals surface area contributed by atoms with Crippen molar-refractivity contribution in [3.8, 4) is 0 Å². The Balaban J connectivity index is 1.80. The molecule has 0 aliphatic rings. The Kier molecular flexibility index (Phi) is 6.03. The molecule has 9 heteroatoms. The van der Waals surface area contributed by atoms with Gasteiger partial charge in [-0.2, -0.15) is 10.2 Å². The molecular formula is C19H20Cl3N5O. The first kappa shape index (κ1) is 20.7. The van der Waals surface area contributed by atoms with Gasteiger partial charge >= 0.3 is 0 Å². The molecule has 0 bridgehead atoms. The number of carbonyl (C=O) groups excluding carboxylic acids is 1. The van der Waals surface area contributed by atoms with Gasteiger partial charge in [0, 0.05) is 16.2 Å². The average Bonchev–Trinajstić information content (AvgIpc) is 3.10. The van der Waals surface area contributed by atoms with Gasteiger partial charge in [0.2, 0.25) is 5.91 Å². The lowest BCUT2D eigenvalue weighted by Gasteiger charge is -2.13. The number of nitrogens with zero attached hydrogens (tertiary/aromatic N) is 4. The lowest BCUT2D eigenvalue weighted by atomic mass is 10.2. The van der Waals surface area contributed by atoms with E-state index in [9.17, 15) is 4.79 Å². The van der Waals surface area contributed by atoms with Gasteiger partial charge in [0.05, 0.1) is 34.3 Å². The van der Waals surface area contributed by atoms with Gasteiger partial charge in [0.25, 0.3) is 0 Å². The van der Waals surface area contributed by atoms with Crippen molar-refractivity contribution in [2.75, 3.05) is 5.32 Å². The van der Waals surface area contributed by atoms with Crippen LogP contribution in [0.25, 0.3) is 0 Å². The van der Waals surface area contributed by atoms with Crippen LogP contribution in [0, 0.1) is 20.8 Å². The molecule has 0 saturated carbocycles. The number of nitrogens with one attached hydrogen (secondary N) is 1. The van der Waals surface area contributed by atoms with Crippen LogP contribution in [0.3, 0.4) is 0 Å². The Hall–Kier alpha value is -2.02. The van der Waals surface area contributed by atoms with Crippen molar-refractivity contribution in [3.63, 3.8) is 0 Å². The first-order chi connectivity index (χ1) is 13.2. The summed E-state index contributed by atoms with van der Waals surface area (Å²) in [5.41, 5.74) is 3.80. The Morgan fingerprint density at radius 2 is 1.82 bits per heavy atom. The number of anilines is 1. The van der Waals surface area contributed by atoms with Gasteiger partial charge in [-0.05, 0) is 45.4 Å². The van der Waals surface area contributed by atoms with Gasteiger partial charge in [0.15, 0.2) is 0 Å². The van der Waals surface area contributed by atoms with Crippen molar-refractivity contribution in [1.82, 2.24) is 19.6 Å². The highest BCUT2D eigenvalue weighted by atomic mass is 35.5. The number of carbonyl (C=O) groups is 1. The molecule has 0 spiro atoms. The van der Waals surface area contributed by atoms with Gasteiger partial charge < -0.3 is 5.32 Å². The summed E-state index contributed by atoms with van der Waals surface area (Å²) in [6.45, 7) is 7.79. The van der Waals surface area contributed by atoms with Gasteiger partial charge in [-0.25, -0.2) is 0 Å². The van der Waals surface area contributed by atoms with Crippen molar-refractivity contribution < 1.29 is 4.79 Å². The molecule has 6 nitrogen and oxygen atoms in total. The van der Waals surface area contributed by atoms with Crippen LogP contribution in [-0.2, 0) is 11.3 Å². The summed E-state index contributed by atoms with van der Waals surface area (Å²) in [5, 5.41) is 13.5. The fourth-order valence-corrected chi connectivity index (χ4v) is 3.45. The van der Waals surface area contributed by atoms with Crippen LogP contribution < -0.4 is 5.32 Å². The third-order valence-corrected chi connectivity index (χ3v) is 5.56. The molecule has 0 aliphatic carbocycles. The van der Waals surface area contributed by atoms with Crippen molar-refractivity contribution >= 4 is 46.4 Å². The highest BCUT2D eigenvalue weighted by Gasteiger charge is 2.21. The SMILES string of the molecule is Cc1nn(C(C)C(=O)Nc2c(C)nn(Cc3ccc(Cl)cc3Cl)c2C)cc1Cl. The standard InChI is InChI=1S/C19H20Cl3N5O/c1-10-17(22)9-27(24-10)13(4)19(28)23-18-11(2)25-26(12(18)3)8-14-5-6-15(20)7-16(14)21/h5-7,9,13H,8H2,1-4H3,(H,23,28). The summed E-state index contributed by atoms with van der Waals surface area (Å²) in [7, 11) is 0. The molecular weight excluding hydrogens is 421 g/mol. The van der Waals surface area contributed by atoms with Gasteiger partial charge in [-0.1, -0.05) is 40.9 Å². The molecule has 1 N–H and O–H groups in total. The largest absolute Gasteiger partial charge is 0.321 e. The summed E-state index contributed by atoms with van der Waals surface area (Å²) >= 11 is 18.3. The molecule has 28 heavy (non-hydrogen) atoms. The number of amides is 1. The number of rotatable bonds is 5. The number of halogens is 3. The molecule has 2 heterocycles. The summed E-state index contributed by atoms with van der Waals surface area (Å²) in [4.78, 5) is 12.7. The normalized spacial score (nSPS) is 12.2. The number of aromatic nitrogens is 4. The summed E-state index contributed by atoms with van der Waals surface area (Å²) in [6, 6.07) is 4.84. The maximum Gasteiger partial charge on any atom is 0.249 e. The van der Waals surface area contributed by atoms with Crippen molar-refractivity contribution in [2.24, 2.45) is 0 Å². The minimum absolute atomic E-state index is 0.200. The first-order valence-corrected chi connectivity index (χ1v) is 9.80. The van der Waals surface area contributed by atoms with E-state index in [0.29, 0.717) is 33.0 Å². The van der Waals surface area contributed by atoms with E-state index in [-0.39, 0.29) is 5.91 Å². The van der Waals surface area contributed by atoms with E-state index in [1.54, 1.807) is 41.5 Å². The van der Waals surface area contributed by atoms with Crippen molar-refractivity contribution in [3.05, 3.63) is 62.1 Å². The monoisotopic (exact) mass is 439 g/mol. The second kappa shape index (κ2) is 8.15. The van der Waals surface area contributed by atoms with Crippen LogP contribution in [0.4, 0.5) is 5.69 Å². The molecule has 0 aliphatic heterocycles. The van der Waals surface area contributed by atoms with Crippen LogP contribution in [0.15, 0.2) is 24.4 Å². The van der Waals surface area contributed by atoms with Gasteiger partial charge in [-0.15, -0.1) is 0 Å². The second-order valence-electron chi connectivity index (χ2n) is 6.65. The number of benzene rings is 1. The van der Waals surface area contributed by atoms with Crippen molar-refractivity contribution in [2.45, 2.75) is 40.3 Å². The predicted octanol–water partition coefficient (Wildman–Crippen LogP) is 5.21. The third-order valence-electron chi connectivity index (χ3n) is 4.60. The van der Waals surface area contributed by atoms with Gasteiger partial charge in [-0.3, -0.25) is 14.2 Å². The summed E-state index contributed by atoms with van der Waals surface area (Å²) in [5.74, 6) is -0.200. The van der Waals surface area contributed by atoms with E-state index in [1.807, 2.05) is 19.9 Å². The molecule has 3 rings (SSSR count). The molecule has 1 amide bonds. The minimum atomic E-state index is -0.515. The first-order valence-electron chi connectivity index (χ1n) is 8.67. The topological polar surface area (TPSA) is 64.7 Å². The molecule has 0 saturated heterocycles. The molecule has 3 aromatic rings. The summed E-state index contributed by atoms with van der Waals surface area (Å²) < 4.78 is 3.36. The lowest BCUT2D eigenvalue weighted by Crippen LogP contribution is -2.24. The number of hydrogen-bond acceptors (Lipinski definition) is 3. The minimum Gasteiger partial charge on any atom is -0.321 e. The van der Waals surface area contributed by atoms with E-state index >= 15 is 0 Å².